The number of rotatable bonds is 3. The lowest BCUT2D eigenvalue weighted by molar-refractivity contribution is 0.626. The number of nitrogens with zero attached hydrogens (tertiary/aromatic N) is 3. The number of fused-ring (bicyclic) bond motifs is 1. The minimum atomic E-state index is -0.360. The van der Waals surface area contributed by atoms with Gasteiger partial charge in [0.2, 0.25) is 0 Å². The highest BCUT2D eigenvalue weighted by molar-refractivity contribution is 5.94. The van der Waals surface area contributed by atoms with Gasteiger partial charge in [-0.05, 0) is 35.9 Å². The molecule has 1 heterocycles. The molecule has 4 aromatic rings. The number of hydrogen-bond acceptors (Lipinski definition) is 3. The molecular formula is C22H16FN3O. The van der Waals surface area contributed by atoms with Gasteiger partial charge >= 0.3 is 0 Å². The Balaban J connectivity index is 1.98. The predicted molar refractivity (Wildman–Crippen MR) is 106 cm³/mol. The van der Waals surface area contributed by atoms with Gasteiger partial charge in [0.25, 0.3) is 5.56 Å². The Labute approximate surface area is 155 Å². The summed E-state index contributed by atoms with van der Waals surface area (Å²) in [5, 5.41) is 5.93. The Morgan fingerprint density at radius 1 is 0.926 bits per heavy atom. The van der Waals surface area contributed by atoms with Crippen LogP contribution in [0, 0.1) is 5.82 Å². The molecule has 0 saturated carbocycles. The van der Waals surface area contributed by atoms with Crippen molar-refractivity contribution in [2.75, 3.05) is 7.05 Å². The Bertz CT molecular complexity index is 1190. The van der Waals surface area contributed by atoms with Crippen molar-refractivity contribution in [2.24, 2.45) is 4.99 Å². The SMILES string of the molecule is CN=Cc1ccc(-c2nn(-c3ccc(F)cc3)c(=O)c3ccccc23)cc1. The van der Waals surface area contributed by atoms with Gasteiger partial charge in [0, 0.05) is 24.2 Å². The van der Waals surface area contributed by atoms with Gasteiger partial charge in [-0.1, -0.05) is 42.5 Å². The fourth-order valence-electron chi connectivity index (χ4n) is 3.04. The third kappa shape index (κ3) is 3.15. The van der Waals surface area contributed by atoms with Crippen molar-refractivity contribution in [1.82, 2.24) is 9.78 Å². The summed E-state index contributed by atoms with van der Waals surface area (Å²) in [4.78, 5) is 16.9. The molecule has 0 atom stereocenters. The largest absolute Gasteiger partial charge is 0.296 e. The molecule has 132 valence electrons. The highest BCUT2D eigenvalue weighted by Crippen LogP contribution is 2.25. The van der Waals surface area contributed by atoms with Crippen LogP contribution in [0.3, 0.4) is 0 Å². The second-order valence-electron chi connectivity index (χ2n) is 6.10. The molecule has 3 aromatic carbocycles. The lowest BCUT2D eigenvalue weighted by Crippen LogP contribution is -2.22. The minimum Gasteiger partial charge on any atom is -0.296 e. The molecule has 0 bridgehead atoms. The molecule has 0 spiro atoms. The smallest absolute Gasteiger partial charge is 0.279 e. The molecule has 4 nitrogen and oxygen atoms in total. The summed E-state index contributed by atoms with van der Waals surface area (Å²) in [7, 11) is 1.72. The summed E-state index contributed by atoms with van der Waals surface area (Å²) in [6, 6.07) is 20.9. The zero-order valence-corrected chi connectivity index (χ0v) is 14.6. The van der Waals surface area contributed by atoms with Crippen molar-refractivity contribution < 1.29 is 4.39 Å². The van der Waals surface area contributed by atoms with Gasteiger partial charge in [-0.15, -0.1) is 0 Å². The number of benzene rings is 3. The van der Waals surface area contributed by atoms with Crippen LogP contribution >= 0.6 is 0 Å². The average Bonchev–Trinajstić information content (AvgIpc) is 2.70. The number of aliphatic imine (C=N–C) groups is 1. The van der Waals surface area contributed by atoms with Gasteiger partial charge in [-0.25, -0.2) is 4.39 Å². The summed E-state index contributed by atoms with van der Waals surface area (Å²) in [5.41, 5.74) is 2.83. The van der Waals surface area contributed by atoms with Crippen molar-refractivity contribution in [3.63, 3.8) is 0 Å². The highest BCUT2D eigenvalue weighted by Gasteiger charge is 2.13. The molecule has 0 radical (unpaired) electrons. The van der Waals surface area contributed by atoms with Crippen LogP contribution in [0.25, 0.3) is 27.7 Å². The number of hydrogen-bond donors (Lipinski definition) is 0. The first kappa shape index (κ1) is 16.8. The predicted octanol–water partition coefficient (Wildman–Crippen LogP) is 4.24. The Morgan fingerprint density at radius 3 is 2.26 bits per heavy atom. The van der Waals surface area contributed by atoms with Crippen molar-refractivity contribution in [3.8, 4) is 16.9 Å². The van der Waals surface area contributed by atoms with Crippen LogP contribution in [0.4, 0.5) is 4.39 Å². The van der Waals surface area contributed by atoms with Crippen LogP contribution in [0.15, 0.2) is 82.6 Å². The number of halogens is 1. The van der Waals surface area contributed by atoms with Crippen LogP contribution in [0.1, 0.15) is 5.56 Å². The summed E-state index contributed by atoms with van der Waals surface area (Å²) >= 11 is 0. The molecule has 0 aliphatic rings. The average molecular weight is 357 g/mol. The molecule has 0 unspecified atom stereocenters. The van der Waals surface area contributed by atoms with Crippen LogP contribution in [0.5, 0.6) is 0 Å². The van der Waals surface area contributed by atoms with E-state index in [-0.39, 0.29) is 11.4 Å². The van der Waals surface area contributed by atoms with E-state index in [1.54, 1.807) is 31.5 Å². The maximum Gasteiger partial charge on any atom is 0.279 e. The lowest BCUT2D eigenvalue weighted by atomic mass is 10.0. The van der Waals surface area contributed by atoms with E-state index < -0.39 is 0 Å². The molecule has 0 fully saturated rings. The van der Waals surface area contributed by atoms with E-state index in [1.807, 2.05) is 42.5 Å². The minimum absolute atomic E-state index is 0.240. The van der Waals surface area contributed by atoms with E-state index in [1.165, 1.54) is 16.8 Å². The fourth-order valence-corrected chi connectivity index (χ4v) is 3.04. The van der Waals surface area contributed by atoms with Gasteiger partial charge in [0.1, 0.15) is 5.82 Å². The lowest BCUT2D eigenvalue weighted by Gasteiger charge is -2.11. The van der Waals surface area contributed by atoms with Crippen molar-refractivity contribution in [2.45, 2.75) is 0 Å². The van der Waals surface area contributed by atoms with Crippen molar-refractivity contribution in [1.29, 1.82) is 0 Å². The molecule has 0 saturated heterocycles. The van der Waals surface area contributed by atoms with Gasteiger partial charge in [-0.2, -0.15) is 9.78 Å². The van der Waals surface area contributed by atoms with Crippen molar-refractivity contribution >= 4 is 17.0 Å². The molecule has 0 N–H and O–H groups in total. The Kier molecular flexibility index (Phi) is 4.34. The van der Waals surface area contributed by atoms with E-state index in [4.69, 9.17) is 0 Å². The molecule has 4 rings (SSSR count). The van der Waals surface area contributed by atoms with Gasteiger partial charge in [-0.3, -0.25) is 9.79 Å². The Morgan fingerprint density at radius 2 is 1.59 bits per heavy atom. The molecule has 5 heteroatoms. The normalized spacial score (nSPS) is 11.3. The van der Waals surface area contributed by atoms with E-state index >= 15 is 0 Å². The second-order valence-corrected chi connectivity index (χ2v) is 6.10. The summed E-state index contributed by atoms with van der Waals surface area (Å²) in [6.45, 7) is 0. The Hall–Kier alpha value is -3.60. The van der Waals surface area contributed by atoms with E-state index in [0.29, 0.717) is 16.8 Å². The maximum absolute atomic E-state index is 13.3. The van der Waals surface area contributed by atoms with Crippen LogP contribution in [-0.2, 0) is 0 Å². The second kappa shape index (κ2) is 6.96. The van der Waals surface area contributed by atoms with Gasteiger partial charge < -0.3 is 0 Å². The van der Waals surface area contributed by atoms with E-state index in [9.17, 15) is 9.18 Å². The zero-order valence-electron chi connectivity index (χ0n) is 14.6. The maximum atomic E-state index is 13.3. The topological polar surface area (TPSA) is 47.2 Å². The molecule has 1 aromatic heterocycles. The van der Waals surface area contributed by atoms with Gasteiger partial charge in [0.05, 0.1) is 16.8 Å². The van der Waals surface area contributed by atoms with E-state index in [0.717, 1.165) is 16.5 Å². The third-order valence-electron chi connectivity index (χ3n) is 4.34. The molecule has 27 heavy (non-hydrogen) atoms. The number of aromatic nitrogens is 2. The van der Waals surface area contributed by atoms with Crippen LogP contribution in [-0.4, -0.2) is 23.0 Å². The molecule has 0 amide bonds. The summed E-state index contributed by atoms with van der Waals surface area (Å²) in [5.74, 6) is -0.360. The van der Waals surface area contributed by atoms with E-state index in [2.05, 4.69) is 10.1 Å². The molecule has 0 aliphatic carbocycles. The molecular weight excluding hydrogens is 341 g/mol. The first-order valence-electron chi connectivity index (χ1n) is 8.48. The molecule has 0 aliphatic heterocycles. The monoisotopic (exact) mass is 357 g/mol. The van der Waals surface area contributed by atoms with Crippen molar-refractivity contribution in [3.05, 3.63) is 94.5 Å². The first-order chi connectivity index (χ1) is 13.2. The third-order valence-corrected chi connectivity index (χ3v) is 4.34. The highest BCUT2D eigenvalue weighted by atomic mass is 19.1. The van der Waals surface area contributed by atoms with Gasteiger partial charge in [0.15, 0.2) is 0 Å². The summed E-state index contributed by atoms with van der Waals surface area (Å²) in [6.07, 6.45) is 1.77. The van der Waals surface area contributed by atoms with Crippen LogP contribution < -0.4 is 5.56 Å². The standard InChI is InChI=1S/C22H16FN3O/c1-24-14-15-6-8-16(9-7-15)21-19-4-2-3-5-20(19)22(27)26(25-21)18-12-10-17(23)11-13-18/h2-14H,1H3. The summed E-state index contributed by atoms with van der Waals surface area (Å²) < 4.78 is 14.6. The first-order valence-corrected chi connectivity index (χ1v) is 8.48. The zero-order chi connectivity index (χ0) is 18.8. The fraction of sp³-hybridized carbons (Fsp3) is 0.0455. The quantitative estimate of drug-likeness (QED) is 0.515. The van der Waals surface area contributed by atoms with Crippen LogP contribution in [0.2, 0.25) is 0 Å².